The molecule has 0 saturated carbocycles. The minimum Gasteiger partial charge on any atom is -0.370 e. The van der Waals surface area contributed by atoms with E-state index in [9.17, 15) is 9.59 Å². The number of nitrogens with one attached hydrogen (secondary N) is 1. The monoisotopic (exact) mass is 361 g/mol. The van der Waals surface area contributed by atoms with Gasteiger partial charge in [-0.3, -0.25) is 9.59 Å². The summed E-state index contributed by atoms with van der Waals surface area (Å²) in [6.07, 6.45) is 6.32. The Morgan fingerprint density at radius 3 is 2.62 bits per heavy atom. The fraction of sp³-hybridized carbons (Fsp3) is 0.737. The second-order valence-corrected chi connectivity index (χ2v) is 7.76. The molecule has 7 heteroatoms. The van der Waals surface area contributed by atoms with E-state index in [-0.39, 0.29) is 17.4 Å². The summed E-state index contributed by atoms with van der Waals surface area (Å²) in [5, 5.41) is 7.24. The molecule has 0 unspecified atom stereocenters. The molecular weight excluding hydrogens is 330 g/mol. The van der Waals surface area contributed by atoms with Gasteiger partial charge in [-0.1, -0.05) is 6.92 Å². The second-order valence-electron chi connectivity index (χ2n) is 7.76. The number of aromatic nitrogens is 2. The largest absolute Gasteiger partial charge is 0.370 e. The highest BCUT2D eigenvalue weighted by Gasteiger charge is 2.23. The molecule has 1 amide bonds. The molecule has 1 atom stereocenters. The van der Waals surface area contributed by atoms with Crippen molar-refractivity contribution in [2.45, 2.75) is 32.6 Å². The van der Waals surface area contributed by atoms with Crippen molar-refractivity contribution in [3.05, 3.63) is 22.6 Å². The summed E-state index contributed by atoms with van der Waals surface area (Å²) in [6, 6.07) is 1.65. The highest BCUT2D eigenvalue weighted by Crippen LogP contribution is 2.21. The zero-order chi connectivity index (χ0) is 18.5. The first-order valence-corrected chi connectivity index (χ1v) is 9.81. The molecule has 0 radical (unpaired) electrons. The van der Waals surface area contributed by atoms with E-state index in [1.807, 2.05) is 6.92 Å². The molecule has 2 aliphatic heterocycles. The van der Waals surface area contributed by atoms with Crippen molar-refractivity contribution in [3.63, 3.8) is 0 Å². The minimum atomic E-state index is -0.0797. The molecule has 144 valence electrons. The maximum Gasteiger partial charge on any atom is 0.268 e. The number of nitrogens with zero attached hydrogens (tertiary/aromatic N) is 4. The van der Waals surface area contributed by atoms with E-state index < -0.39 is 0 Å². The first kappa shape index (κ1) is 18.9. The summed E-state index contributed by atoms with van der Waals surface area (Å²) < 4.78 is 1.34. The number of carbonyl (C=O) groups is 1. The van der Waals surface area contributed by atoms with Crippen molar-refractivity contribution in [2.75, 3.05) is 44.2 Å². The van der Waals surface area contributed by atoms with Gasteiger partial charge in [-0.05, 0) is 44.7 Å². The van der Waals surface area contributed by atoms with E-state index in [1.54, 1.807) is 19.3 Å². The van der Waals surface area contributed by atoms with E-state index in [0.29, 0.717) is 5.92 Å². The highest BCUT2D eigenvalue weighted by molar-refractivity contribution is 5.78. The van der Waals surface area contributed by atoms with Gasteiger partial charge in [0.25, 0.3) is 5.56 Å². The molecule has 1 N–H and O–H groups in total. The van der Waals surface area contributed by atoms with Crippen molar-refractivity contribution >= 4 is 11.6 Å². The number of amides is 1. The van der Waals surface area contributed by atoms with Crippen molar-refractivity contribution in [3.8, 4) is 0 Å². The van der Waals surface area contributed by atoms with Gasteiger partial charge in [0.2, 0.25) is 5.91 Å². The van der Waals surface area contributed by atoms with E-state index in [1.165, 1.54) is 17.5 Å². The molecule has 2 aliphatic rings. The topological polar surface area (TPSA) is 70.5 Å². The molecule has 1 aromatic rings. The van der Waals surface area contributed by atoms with Gasteiger partial charge < -0.3 is 15.1 Å². The van der Waals surface area contributed by atoms with Crippen LogP contribution in [0, 0.1) is 11.8 Å². The lowest BCUT2D eigenvalue weighted by atomic mass is 9.96. The zero-order valence-corrected chi connectivity index (χ0v) is 16.0. The normalized spacial score (nSPS) is 20.3. The van der Waals surface area contributed by atoms with Crippen LogP contribution in [0.3, 0.4) is 0 Å². The number of hydrogen-bond donors (Lipinski definition) is 1. The van der Waals surface area contributed by atoms with Crippen molar-refractivity contribution in [2.24, 2.45) is 18.9 Å². The van der Waals surface area contributed by atoms with E-state index >= 15 is 0 Å². The third kappa shape index (κ3) is 4.84. The van der Waals surface area contributed by atoms with Crippen LogP contribution >= 0.6 is 0 Å². The predicted molar refractivity (Wildman–Crippen MR) is 102 cm³/mol. The number of likely N-dealkylation sites (tertiary alicyclic amines) is 1. The van der Waals surface area contributed by atoms with Crippen LogP contribution in [0.15, 0.2) is 17.1 Å². The Bertz CT molecular complexity index is 660. The van der Waals surface area contributed by atoms with E-state index in [4.69, 9.17) is 0 Å². The van der Waals surface area contributed by atoms with Crippen molar-refractivity contribution in [1.29, 1.82) is 0 Å². The molecule has 2 saturated heterocycles. The SMILES string of the molecule is C[C@H](CN1CCCC1)C(=O)NCC1CCN(c2cnn(C)c(=O)c2)CC1. The van der Waals surface area contributed by atoms with E-state index in [2.05, 4.69) is 20.2 Å². The minimum absolute atomic E-state index is 0.0554. The Morgan fingerprint density at radius 1 is 1.27 bits per heavy atom. The van der Waals surface area contributed by atoms with Crippen LogP contribution in [0.4, 0.5) is 5.69 Å². The molecule has 1 aromatic heterocycles. The predicted octanol–water partition coefficient (Wildman–Crippen LogP) is 0.845. The van der Waals surface area contributed by atoms with Crippen molar-refractivity contribution in [1.82, 2.24) is 20.0 Å². The Morgan fingerprint density at radius 2 is 1.96 bits per heavy atom. The van der Waals surface area contributed by atoms with Gasteiger partial charge in [0.15, 0.2) is 0 Å². The molecule has 3 heterocycles. The van der Waals surface area contributed by atoms with Crippen LogP contribution in [0.1, 0.15) is 32.6 Å². The van der Waals surface area contributed by atoms with E-state index in [0.717, 1.165) is 57.8 Å². The summed E-state index contributed by atoms with van der Waals surface area (Å²) in [5.41, 5.74) is 0.818. The van der Waals surface area contributed by atoms with Crippen LogP contribution in [0.25, 0.3) is 0 Å². The highest BCUT2D eigenvalue weighted by atomic mass is 16.2. The van der Waals surface area contributed by atoms with Crippen LogP contribution in [0.2, 0.25) is 0 Å². The number of aryl methyl sites for hydroxylation is 1. The Labute approximate surface area is 155 Å². The summed E-state index contributed by atoms with van der Waals surface area (Å²) in [7, 11) is 1.66. The number of piperidine rings is 1. The van der Waals surface area contributed by atoms with Gasteiger partial charge in [-0.2, -0.15) is 5.10 Å². The number of anilines is 1. The van der Waals surface area contributed by atoms with Gasteiger partial charge in [0.1, 0.15) is 0 Å². The Hall–Kier alpha value is -1.89. The number of hydrogen-bond acceptors (Lipinski definition) is 5. The van der Waals surface area contributed by atoms with Gasteiger partial charge in [-0.25, -0.2) is 4.68 Å². The fourth-order valence-corrected chi connectivity index (χ4v) is 3.88. The lowest BCUT2D eigenvalue weighted by Crippen LogP contribution is -2.42. The molecule has 0 bridgehead atoms. The Balaban J connectivity index is 1.40. The second kappa shape index (κ2) is 8.66. The van der Waals surface area contributed by atoms with Gasteiger partial charge in [0.05, 0.1) is 11.9 Å². The first-order chi connectivity index (χ1) is 12.5. The number of rotatable bonds is 6. The lowest BCUT2D eigenvalue weighted by Gasteiger charge is -2.33. The van der Waals surface area contributed by atoms with Gasteiger partial charge >= 0.3 is 0 Å². The average Bonchev–Trinajstić information content (AvgIpc) is 3.15. The lowest BCUT2D eigenvalue weighted by molar-refractivity contribution is -0.125. The summed E-state index contributed by atoms with van der Waals surface area (Å²) in [4.78, 5) is 28.7. The molecule has 0 spiro atoms. The number of carbonyl (C=O) groups excluding carboxylic acids is 1. The summed E-state index contributed by atoms with van der Waals surface area (Å²) in [6.45, 7) is 7.73. The third-order valence-corrected chi connectivity index (χ3v) is 5.68. The van der Waals surface area contributed by atoms with Gasteiger partial charge in [-0.15, -0.1) is 0 Å². The first-order valence-electron chi connectivity index (χ1n) is 9.81. The Kier molecular flexibility index (Phi) is 6.29. The third-order valence-electron chi connectivity index (χ3n) is 5.68. The van der Waals surface area contributed by atoms with Crippen LogP contribution in [0.5, 0.6) is 0 Å². The maximum atomic E-state index is 12.3. The maximum absolute atomic E-state index is 12.3. The molecule has 0 aliphatic carbocycles. The van der Waals surface area contributed by atoms with Gasteiger partial charge in [0, 0.05) is 45.2 Å². The summed E-state index contributed by atoms with van der Waals surface area (Å²) in [5.74, 6) is 0.739. The molecular formula is C19H31N5O2. The van der Waals surface area contributed by atoms with Crippen molar-refractivity contribution < 1.29 is 4.79 Å². The molecule has 3 rings (SSSR count). The zero-order valence-electron chi connectivity index (χ0n) is 16.0. The average molecular weight is 361 g/mol. The molecule has 7 nitrogen and oxygen atoms in total. The molecule has 0 aromatic carbocycles. The molecule has 2 fully saturated rings. The standard InChI is InChI=1S/C19H31N5O2/c1-15(14-23-7-3-4-8-23)19(26)20-12-16-5-9-24(10-6-16)17-11-18(25)22(2)21-13-17/h11,13,15-16H,3-10,12,14H2,1-2H3,(H,20,26)/t15-/m1/s1. The van der Waals surface area contributed by atoms with Crippen LogP contribution in [-0.2, 0) is 11.8 Å². The fourth-order valence-electron chi connectivity index (χ4n) is 3.88. The quantitative estimate of drug-likeness (QED) is 0.813. The van der Waals surface area contributed by atoms with Crippen LogP contribution in [-0.4, -0.2) is 59.9 Å². The smallest absolute Gasteiger partial charge is 0.268 e. The summed E-state index contributed by atoms with van der Waals surface area (Å²) >= 11 is 0. The molecule has 26 heavy (non-hydrogen) atoms. The van der Waals surface area contributed by atoms with Crippen LogP contribution < -0.4 is 15.8 Å².